The number of rotatable bonds is 5. The highest BCUT2D eigenvalue weighted by Gasteiger charge is 2.17. The van der Waals surface area contributed by atoms with Crippen LogP contribution in [0.5, 0.6) is 0 Å². The highest BCUT2D eigenvalue weighted by Crippen LogP contribution is 2.26. The molecule has 0 fully saturated rings. The Morgan fingerprint density at radius 1 is 1.14 bits per heavy atom. The quantitative estimate of drug-likeness (QED) is 0.905. The average molecular weight is 286 g/mol. The fourth-order valence-electron chi connectivity index (χ4n) is 2.48. The van der Waals surface area contributed by atoms with Gasteiger partial charge in [-0.15, -0.1) is 0 Å². The molecule has 2 aromatic carbocycles. The summed E-state index contributed by atoms with van der Waals surface area (Å²) >= 11 is 0. The van der Waals surface area contributed by atoms with E-state index in [0.29, 0.717) is 12.1 Å². The lowest BCUT2D eigenvalue weighted by Crippen LogP contribution is -2.30. The van der Waals surface area contributed by atoms with Crippen LogP contribution in [0, 0.1) is 12.7 Å². The van der Waals surface area contributed by atoms with E-state index in [-0.39, 0.29) is 11.9 Å². The van der Waals surface area contributed by atoms with E-state index in [0.717, 1.165) is 17.7 Å². The van der Waals surface area contributed by atoms with Gasteiger partial charge in [-0.1, -0.05) is 31.2 Å². The standard InChI is InChI=1S/C18H23FN2/c1-4-14-6-9-16(10-7-14)21(3)18(12-20)15-8-5-13(2)17(19)11-15/h5-11,18H,4,12,20H2,1-3H3. The largest absolute Gasteiger partial charge is 0.366 e. The molecule has 0 saturated heterocycles. The summed E-state index contributed by atoms with van der Waals surface area (Å²) in [5, 5.41) is 0. The summed E-state index contributed by atoms with van der Waals surface area (Å²) in [6.07, 6.45) is 1.02. The van der Waals surface area contributed by atoms with Gasteiger partial charge in [0.2, 0.25) is 0 Å². The van der Waals surface area contributed by atoms with Gasteiger partial charge in [-0.2, -0.15) is 0 Å². The van der Waals surface area contributed by atoms with Crippen molar-refractivity contribution in [3.63, 3.8) is 0 Å². The molecule has 0 amide bonds. The second kappa shape index (κ2) is 6.72. The molecule has 0 aromatic heterocycles. The van der Waals surface area contributed by atoms with Gasteiger partial charge in [-0.05, 0) is 48.2 Å². The number of nitrogens with two attached hydrogens (primary N) is 1. The molecule has 21 heavy (non-hydrogen) atoms. The summed E-state index contributed by atoms with van der Waals surface area (Å²) in [5.74, 6) is -0.180. The number of hydrogen-bond donors (Lipinski definition) is 1. The molecule has 0 saturated carbocycles. The first-order valence-electron chi connectivity index (χ1n) is 7.34. The Balaban J connectivity index is 2.28. The van der Waals surface area contributed by atoms with Gasteiger partial charge in [0, 0.05) is 19.3 Å². The maximum Gasteiger partial charge on any atom is 0.126 e. The van der Waals surface area contributed by atoms with Crippen LogP contribution in [0.2, 0.25) is 0 Å². The summed E-state index contributed by atoms with van der Waals surface area (Å²) in [6.45, 7) is 4.34. The van der Waals surface area contributed by atoms with Crippen LogP contribution < -0.4 is 10.6 Å². The smallest absolute Gasteiger partial charge is 0.126 e. The van der Waals surface area contributed by atoms with Crippen molar-refractivity contribution in [2.45, 2.75) is 26.3 Å². The molecule has 3 heteroatoms. The van der Waals surface area contributed by atoms with Crippen molar-refractivity contribution in [3.05, 3.63) is 65.0 Å². The fraction of sp³-hybridized carbons (Fsp3) is 0.333. The van der Waals surface area contributed by atoms with Gasteiger partial charge in [0.1, 0.15) is 5.82 Å². The van der Waals surface area contributed by atoms with E-state index in [1.165, 1.54) is 5.56 Å². The Morgan fingerprint density at radius 3 is 2.33 bits per heavy atom. The van der Waals surface area contributed by atoms with Gasteiger partial charge in [-0.25, -0.2) is 4.39 Å². The Labute approximate surface area is 126 Å². The van der Waals surface area contributed by atoms with Gasteiger partial charge in [0.25, 0.3) is 0 Å². The van der Waals surface area contributed by atoms with Crippen molar-refractivity contribution in [3.8, 4) is 0 Å². The van der Waals surface area contributed by atoms with Crippen molar-refractivity contribution < 1.29 is 4.39 Å². The molecular weight excluding hydrogens is 263 g/mol. The molecule has 0 heterocycles. The minimum atomic E-state index is -0.180. The Bertz CT molecular complexity index is 593. The van der Waals surface area contributed by atoms with Crippen LogP contribution in [0.25, 0.3) is 0 Å². The first kappa shape index (κ1) is 15.5. The number of hydrogen-bond acceptors (Lipinski definition) is 2. The van der Waals surface area contributed by atoms with E-state index >= 15 is 0 Å². The number of nitrogens with zero attached hydrogens (tertiary/aromatic N) is 1. The van der Waals surface area contributed by atoms with Gasteiger partial charge >= 0.3 is 0 Å². The molecule has 2 rings (SSSR count). The van der Waals surface area contributed by atoms with Crippen LogP contribution in [0.4, 0.5) is 10.1 Å². The summed E-state index contributed by atoms with van der Waals surface area (Å²) in [5.41, 5.74) is 9.88. The maximum absolute atomic E-state index is 13.8. The first-order chi connectivity index (χ1) is 10.1. The van der Waals surface area contributed by atoms with Crippen molar-refractivity contribution >= 4 is 5.69 Å². The van der Waals surface area contributed by atoms with Crippen molar-refractivity contribution in [1.29, 1.82) is 0 Å². The van der Waals surface area contributed by atoms with E-state index in [4.69, 9.17) is 5.73 Å². The minimum absolute atomic E-state index is 0.0347. The number of halogens is 1. The normalized spacial score (nSPS) is 12.2. The lowest BCUT2D eigenvalue weighted by molar-refractivity contribution is 0.607. The highest BCUT2D eigenvalue weighted by molar-refractivity contribution is 5.49. The van der Waals surface area contributed by atoms with Crippen LogP contribution in [0.3, 0.4) is 0 Å². The van der Waals surface area contributed by atoms with E-state index in [9.17, 15) is 4.39 Å². The van der Waals surface area contributed by atoms with Crippen molar-refractivity contribution in [2.75, 3.05) is 18.5 Å². The summed E-state index contributed by atoms with van der Waals surface area (Å²) < 4.78 is 13.8. The SMILES string of the molecule is CCc1ccc(N(C)C(CN)c2ccc(C)c(F)c2)cc1. The minimum Gasteiger partial charge on any atom is -0.366 e. The molecule has 2 aromatic rings. The first-order valence-corrected chi connectivity index (χ1v) is 7.34. The Morgan fingerprint density at radius 2 is 1.81 bits per heavy atom. The molecular formula is C18H23FN2. The predicted molar refractivity (Wildman–Crippen MR) is 87.2 cm³/mol. The molecule has 2 nitrogen and oxygen atoms in total. The van der Waals surface area contributed by atoms with Crippen molar-refractivity contribution in [2.24, 2.45) is 5.73 Å². The molecule has 0 aliphatic heterocycles. The third kappa shape index (κ3) is 3.42. The second-order valence-electron chi connectivity index (χ2n) is 5.39. The van der Waals surface area contributed by atoms with Gasteiger partial charge in [0.05, 0.1) is 6.04 Å². The Kier molecular flexibility index (Phi) is 4.97. The van der Waals surface area contributed by atoms with Crippen LogP contribution in [-0.4, -0.2) is 13.6 Å². The number of benzene rings is 2. The van der Waals surface area contributed by atoms with Crippen LogP contribution in [0.15, 0.2) is 42.5 Å². The zero-order valence-electron chi connectivity index (χ0n) is 12.9. The highest BCUT2D eigenvalue weighted by atomic mass is 19.1. The number of anilines is 1. The zero-order valence-corrected chi connectivity index (χ0v) is 12.9. The van der Waals surface area contributed by atoms with Crippen LogP contribution >= 0.6 is 0 Å². The Hall–Kier alpha value is -1.87. The van der Waals surface area contributed by atoms with Crippen LogP contribution in [0.1, 0.15) is 29.7 Å². The zero-order chi connectivity index (χ0) is 15.4. The van der Waals surface area contributed by atoms with E-state index < -0.39 is 0 Å². The van der Waals surface area contributed by atoms with E-state index in [1.54, 1.807) is 19.1 Å². The molecule has 0 aliphatic carbocycles. The molecule has 2 N–H and O–H groups in total. The lowest BCUT2D eigenvalue weighted by atomic mass is 10.0. The molecule has 0 aliphatic rings. The monoisotopic (exact) mass is 286 g/mol. The predicted octanol–water partition coefficient (Wildman–Crippen LogP) is 3.83. The third-order valence-electron chi connectivity index (χ3n) is 4.02. The van der Waals surface area contributed by atoms with Crippen LogP contribution in [-0.2, 0) is 6.42 Å². The lowest BCUT2D eigenvalue weighted by Gasteiger charge is -2.30. The molecule has 0 radical (unpaired) electrons. The van der Waals surface area contributed by atoms with E-state index in [2.05, 4.69) is 36.1 Å². The average Bonchev–Trinajstić information content (AvgIpc) is 2.51. The summed E-state index contributed by atoms with van der Waals surface area (Å²) in [4.78, 5) is 2.10. The molecule has 112 valence electrons. The van der Waals surface area contributed by atoms with Gasteiger partial charge in [-0.3, -0.25) is 0 Å². The summed E-state index contributed by atoms with van der Waals surface area (Å²) in [6, 6.07) is 13.7. The topological polar surface area (TPSA) is 29.3 Å². The molecule has 1 atom stereocenters. The fourth-order valence-corrected chi connectivity index (χ4v) is 2.48. The molecule has 0 spiro atoms. The third-order valence-corrected chi connectivity index (χ3v) is 4.02. The number of likely N-dealkylation sites (N-methyl/N-ethyl adjacent to an activating group) is 1. The number of aryl methyl sites for hydroxylation is 2. The van der Waals surface area contributed by atoms with Gasteiger partial charge in [0.15, 0.2) is 0 Å². The molecule has 0 bridgehead atoms. The summed E-state index contributed by atoms with van der Waals surface area (Å²) in [7, 11) is 2.00. The second-order valence-corrected chi connectivity index (χ2v) is 5.39. The maximum atomic E-state index is 13.8. The van der Waals surface area contributed by atoms with Gasteiger partial charge < -0.3 is 10.6 Å². The van der Waals surface area contributed by atoms with E-state index in [1.807, 2.05) is 13.1 Å². The van der Waals surface area contributed by atoms with Crippen molar-refractivity contribution in [1.82, 2.24) is 0 Å². The molecule has 1 unspecified atom stereocenters.